The summed E-state index contributed by atoms with van der Waals surface area (Å²) in [6, 6.07) is 10.4. The van der Waals surface area contributed by atoms with E-state index in [1.165, 1.54) is 24.3 Å². The zero-order chi connectivity index (χ0) is 24.3. The number of aromatic nitrogens is 3. The Balaban J connectivity index is 0.00000228. The van der Waals surface area contributed by atoms with Gasteiger partial charge in [0.25, 0.3) is 0 Å². The molecule has 17 heteroatoms. The molecule has 4 rings (SSSR count). The van der Waals surface area contributed by atoms with Crippen LogP contribution in [0.1, 0.15) is 0 Å². The number of anilines is 5. The number of rotatable bonds is 7. The Kier molecular flexibility index (Phi) is 11.1. The quantitative estimate of drug-likeness (QED) is 0.210. The minimum atomic E-state index is -4.65. The summed E-state index contributed by atoms with van der Waals surface area (Å²) in [5.74, 6) is 0.483. The van der Waals surface area contributed by atoms with Crippen LogP contribution in [0.5, 0.6) is 0 Å². The van der Waals surface area contributed by atoms with Gasteiger partial charge >= 0.3 is 59.1 Å². The Bertz CT molecular complexity index is 1400. The topological polar surface area (TPSA) is 190 Å². The van der Waals surface area contributed by atoms with Gasteiger partial charge in [0.1, 0.15) is 20.2 Å². The first-order chi connectivity index (χ1) is 16.1. The van der Waals surface area contributed by atoms with E-state index in [0.717, 1.165) is 18.2 Å². The molecule has 0 aliphatic carbocycles. The monoisotopic (exact) mass is 552 g/mol. The average molecular weight is 553 g/mol. The second-order valence-electron chi connectivity index (χ2n) is 7.09. The fourth-order valence-electron chi connectivity index (χ4n) is 3.07. The van der Waals surface area contributed by atoms with Crippen molar-refractivity contribution in [2.24, 2.45) is 0 Å². The molecule has 180 valence electrons. The Morgan fingerprint density at radius 1 is 0.750 bits per heavy atom. The van der Waals surface area contributed by atoms with Gasteiger partial charge in [-0.15, -0.1) is 0 Å². The number of benzene rings is 2. The largest absolute Gasteiger partial charge is 1.00 e. The molecule has 1 saturated heterocycles. The third-order valence-electron chi connectivity index (χ3n) is 4.70. The first-order valence-electron chi connectivity index (χ1n) is 9.83. The van der Waals surface area contributed by atoms with Crippen LogP contribution in [0.25, 0.3) is 0 Å². The zero-order valence-corrected chi connectivity index (χ0v) is 25.0. The van der Waals surface area contributed by atoms with E-state index in [2.05, 4.69) is 25.6 Å². The van der Waals surface area contributed by atoms with Crippen molar-refractivity contribution >= 4 is 49.5 Å². The van der Waals surface area contributed by atoms with Crippen LogP contribution in [0, 0.1) is 0 Å². The van der Waals surface area contributed by atoms with Gasteiger partial charge in [-0.05, 0) is 42.5 Å². The smallest absolute Gasteiger partial charge is 0.744 e. The SMILES string of the molecule is O=S(=O)([O-])c1ccc(Nc2nc(Nc3cccc(S(=O)(=O)[O-])c3)nc(N3CCOCC3)n2)cc1.[Na+].[Na+]. The zero-order valence-electron chi connectivity index (χ0n) is 19.4. The van der Waals surface area contributed by atoms with Crippen molar-refractivity contribution in [2.45, 2.75) is 9.79 Å². The minimum absolute atomic E-state index is 0. The number of hydrogen-bond acceptors (Lipinski definition) is 13. The van der Waals surface area contributed by atoms with Crippen LogP contribution in [0.15, 0.2) is 58.3 Å². The summed E-state index contributed by atoms with van der Waals surface area (Å²) in [6.07, 6.45) is 0. The van der Waals surface area contributed by atoms with Crippen LogP contribution in [-0.4, -0.2) is 67.2 Å². The average Bonchev–Trinajstić information content (AvgIpc) is 2.79. The van der Waals surface area contributed by atoms with Gasteiger partial charge in [-0.3, -0.25) is 0 Å². The molecule has 2 heterocycles. The van der Waals surface area contributed by atoms with Crippen molar-refractivity contribution in [3.05, 3.63) is 48.5 Å². The van der Waals surface area contributed by atoms with Gasteiger partial charge in [-0.1, -0.05) is 6.07 Å². The molecule has 3 aromatic rings. The molecule has 1 fully saturated rings. The molecule has 0 amide bonds. The number of hydrogen-bond donors (Lipinski definition) is 2. The Morgan fingerprint density at radius 3 is 1.86 bits per heavy atom. The summed E-state index contributed by atoms with van der Waals surface area (Å²) in [5.41, 5.74) is 0.684. The number of ether oxygens (including phenoxy) is 1. The van der Waals surface area contributed by atoms with E-state index < -0.39 is 25.1 Å². The van der Waals surface area contributed by atoms with E-state index in [0.29, 0.717) is 37.9 Å². The van der Waals surface area contributed by atoms with Crippen LogP contribution >= 0.6 is 0 Å². The van der Waals surface area contributed by atoms with E-state index >= 15 is 0 Å². The summed E-state index contributed by atoms with van der Waals surface area (Å²) in [5, 5.41) is 5.79. The Labute approximate surface area is 252 Å². The molecular formula is C19H18N6Na2O7S2. The maximum Gasteiger partial charge on any atom is 1.00 e. The first kappa shape index (κ1) is 30.9. The first-order valence-corrected chi connectivity index (χ1v) is 12.6. The van der Waals surface area contributed by atoms with Crippen LogP contribution in [0.2, 0.25) is 0 Å². The van der Waals surface area contributed by atoms with E-state index in [9.17, 15) is 25.9 Å². The van der Waals surface area contributed by atoms with Crippen molar-refractivity contribution < 1.29 is 89.8 Å². The van der Waals surface area contributed by atoms with Gasteiger partial charge in [0.15, 0.2) is 0 Å². The van der Waals surface area contributed by atoms with Crippen molar-refractivity contribution in [3.8, 4) is 0 Å². The second kappa shape index (κ2) is 12.9. The van der Waals surface area contributed by atoms with Crippen LogP contribution in [0.4, 0.5) is 29.2 Å². The third kappa shape index (κ3) is 8.32. The van der Waals surface area contributed by atoms with E-state index in [1.807, 2.05) is 4.90 Å². The van der Waals surface area contributed by atoms with E-state index in [4.69, 9.17) is 4.74 Å². The fraction of sp³-hybridized carbons (Fsp3) is 0.211. The van der Waals surface area contributed by atoms with Crippen molar-refractivity contribution in [3.63, 3.8) is 0 Å². The van der Waals surface area contributed by atoms with Crippen LogP contribution in [0.3, 0.4) is 0 Å². The molecule has 0 spiro atoms. The van der Waals surface area contributed by atoms with Gasteiger partial charge in [-0.2, -0.15) is 15.0 Å². The summed E-state index contributed by atoms with van der Waals surface area (Å²) in [4.78, 5) is 14.1. The van der Waals surface area contributed by atoms with Crippen molar-refractivity contribution in [1.82, 2.24) is 15.0 Å². The van der Waals surface area contributed by atoms with Crippen molar-refractivity contribution in [2.75, 3.05) is 41.8 Å². The normalized spacial score (nSPS) is 13.8. The summed E-state index contributed by atoms with van der Waals surface area (Å²) in [7, 11) is -9.23. The van der Waals surface area contributed by atoms with E-state index in [1.54, 1.807) is 6.07 Å². The molecule has 0 radical (unpaired) electrons. The molecule has 1 aromatic heterocycles. The van der Waals surface area contributed by atoms with Gasteiger partial charge in [0.05, 0.1) is 23.0 Å². The van der Waals surface area contributed by atoms with Gasteiger partial charge in [0, 0.05) is 24.5 Å². The molecule has 2 aromatic carbocycles. The molecule has 1 aliphatic rings. The molecule has 0 atom stereocenters. The van der Waals surface area contributed by atoms with Crippen LogP contribution < -0.4 is 74.6 Å². The number of nitrogens with one attached hydrogen (secondary N) is 2. The molecule has 36 heavy (non-hydrogen) atoms. The van der Waals surface area contributed by atoms with E-state index in [-0.39, 0.29) is 81.6 Å². The molecule has 0 saturated carbocycles. The summed E-state index contributed by atoms with van der Waals surface area (Å²) >= 11 is 0. The molecular weight excluding hydrogens is 534 g/mol. The van der Waals surface area contributed by atoms with Crippen molar-refractivity contribution in [1.29, 1.82) is 0 Å². The van der Waals surface area contributed by atoms with Gasteiger partial charge < -0.3 is 29.4 Å². The molecule has 0 unspecified atom stereocenters. The minimum Gasteiger partial charge on any atom is -0.744 e. The summed E-state index contributed by atoms with van der Waals surface area (Å²) < 4.78 is 72.8. The standard InChI is InChI=1S/C19H20N6O7S2.2Na/c26-33(27,28)15-6-4-13(5-7-15)20-17-22-18(24-19(23-17)25-8-10-32-11-9-25)21-14-2-1-3-16(12-14)34(29,30)31;;/h1-7,12H,8-11H2,(H,26,27,28)(H,29,30,31)(H2,20,21,22,23,24);;/q;2*+1/p-2. The van der Waals surface area contributed by atoms with Crippen LogP contribution in [-0.2, 0) is 25.0 Å². The maximum atomic E-state index is 11.3. The van der Waals surface area contributed by atoms with Gasteiger partial charge in [0.2, 0.25) is 17.8 Å². The second-order valence-corrected chi connectivity index (χ2v) is 9.85. The number of morpholine rings is 1. The summed E-state index contributed by atoms with van der Waals surface area (Å²) in [6.45, 7) is 2.02. The molecule has 13 nitrogen and oxygen atoms in total. The predicted octanol–water partition coefficient (Wildman–Crippen LogP) is -4.99. The maximum absolute atomic E-state index is 11.3. The molecule has 1 aliphatic heterocycles. The Morgan fingerprint density at radius 2 is 1.31 bits per heavy atom. The molecule has 2 N–H and O–H groups in total. The van der Waals surface area contributed by atoms with Gasteiger partial charge in [-0.25, -0.2) is 16.8 Å². The predicted molar refractivity (Wildman–Crippen MR) is 118 cm³/mol. The third-order valence-corrected chi connectivity index (χ3v) is 6.38. The Hall–Kier alpha value is -1.37. The molecule has 0 bridgehead atoms. The number of nitrogens with zero attached hydrogens (tertiary/aromatic N) is 4. The fourth-order valence-corrected chi connectivity index (χ4v) is 4.06.